The minimum Gasteiger partial charge on any atom is -0.449 e. The molecule has 1 aromatic carbocycles. The first-order valence-electron chi connectivity index (χ1n) is 8.07. The number of carbonyl (C=O) groups excluding carboxylic acids is 2. The molecule has 0 bridgehead atoms. The quantitative estimate of drug-likeness (QED) is 0.794. The molecule has 1 aliphatic rings. The minimum absolute atomic E-state index is 0.0705. The van der Waals surface area contributed by atoms with Gasteiger partial charge in [0.05, 0.1) is 5.56 Å². The van der Waals surface area contributed by atoms with Crippen molar-refractivity contribution in [1.29, 1.82) is 0 Å². The summed E-state index contributed by atoms with van der Waals surface area (Å²) in [6.45, 7) is 7.49. The molecular weight excluding hydrogens is 322 g/mol. The van der Waals surface area contributed by atoms with Crippen LogP contribution in [-0.4, -0.2) is 24.0 Å². The van der Waals surface area contributed by atoms with E-state index in [1.807, 2.05) is 51.1 Å². The van der Waals surface area contributed by atoms with Gasteiger partial charge in [0.1, 0.15) is 0 Å². The molecule has 1 aromatic heterocycles. The highest BCUT2D eigenvalue weighted by molar-refractivity contribution is 7.12. The third-order valence-electron chi connectivity index (χ3n) is 4.34. The minimum atomic E-state index is -0.814. The molecule has 0 N–H and O–H groups in total. The van der Waals surface area contributed by atoms with Crippen LogP contribution in [0.25, 0.3) is 0 Å². The number of thiophene rings is 1. The van der Waals surface area contributed by atoms with Crippen LogP contribution in [0.15, 0.2) is 30.3 Å². The highest BCUT2D eigenvalue weighted by atomic mass is 32.1. The van der Waals surface area contributed by atoms with Gasteiger partial charge in [0, 0.05) is 21.5 Å². The molecule has 2 heterocycles. The maximum Gasteiger partial charge on any atom is 0.340 e. The van der Waals surface area contributed by atoms with E-state index in [1.165, 1.54) is 0 Å². The zero-order valence-electron chi connectivity index (χ0n) is 14.3. The van der Waals surface area contributed by atoms with E-state index < -0.39 is 12.1 Å². The first-order valence-corrected chi connectivity index (χ1v) is 8.89. The first kappa shape index (κ1) is 16.7. The highest BCUT2D eigenvalue weighted by Crippen LogP contribution is 2.32. The molecule has 5 heteroatoms. The van der Waals surface area contributed by atoms with Gasteiger partial charge in [0.15, 0.2) is 6.10 Å². The van der Waals surface area contributed by atoms with Crippen molar-refractivity contribution < 1.29 is 14.3 Å². The average Bonchev–Trinajstić information content (AvgIpc) is 3.04. The highest BCUT2D eigenvalue weighted by Gasteiger charge is 2.34. The van der Waals surface area contributed by atoms with Crippen LogP contribution in [0.1, 0.15) is 39.5 Å². The Balaban J connectivity index is 1.76. The number of rotatable bonds is 3. The predicted octanol–water partition coefficient (Wildman–Crippen LogP) is 3.89. The molecule has 0 saturated carbocycles. The average molecular weight is 343 g/mol. The Morgan fingerprint density at radius 2 is 2.00 bits per heavy atom. The van der Waals surface area contributed by atoms with E-state index in [-0.39, 0.29) is 11.9 Å². The summed E-state index contributed by atoms with van der Waals surface area (Å²) >= 11 is 1.55. The van der Waals surface area contributed by atoms with Gasteiger partial charge in [0.25, 0.3) is 5.91 Å². The Labute approximate surface area is 146 Å². The van der Waals surface area contributed by atoms with Crippen molar-refractivity contribution in [2.24, 2.45) is 0 Å². The maximum atomic E-state index is 12.8. The van der Waals surface area contributed by atoms with Gasteiger partial charge in [-0.15, -0.1) is 11.3 Å². The van der Waals surface area contributed by atoms with E-state index in [0.29, 0.717) is 5.56 Å². The number of benzene rings is 1. The molecule has 0 saturated heterocycles. The Morgan fingerprint density at radius 1 is 1.29 bits per heavy atom. The molecule has 0 radical (unpaired) electrons. The molecule has 126 valence electrons. The van der Waals surface area contributed by atoms with Crippen molar-refractivity contribution in [1.82, 2.24) is 0 Å². The van der Waals surface area contributed by atoms with E-state index >= 15 is 0 Å². The summed E-state index contributed by atoms with van der Waals surface area (Å²) in [7, 11) is 0. The lowest BCUT2D eigenvalue weighted by molar-refractivity contribution is -0.126. The molecule has 0 spiro atoms. The van der Waals surface area contributed by atoms with E-state index in [1.54, 1.807) is 23.2 Å². The molecule has 2 aromatic rings. The number of hydrogen-bond donors (Lipinski definition) is 0. The van der Waals surface area contributed by atoms with Crippen molar-refractivity contribution in [2.45, 2.75) is 46.3 Å². The van der Waals surface area contributed by atoms with Crippen LogP contribution in [0, 0.1) is 13.8 Å². The zero-order chi connectivity index (χ0) is 17.4. The van der Waals surface area contributed by atoms with Gasteiger partial charge in [0.2, 0.25) is 0 Å². The van der Waals surface area contributed by atoms with Gasteiger partial charge in [-0.25, -0.2) is 4.79 Å². The lowest BCUT2D eigenvalue weighted by atomic mass is 10.1. The number of hydrogen-bond acceptors (Lipinski definition) is 4. The van der Waals surface area contributed by atoms with Crippen LogP contribution in [0.4, 0.5) is 5.69 Å². The number of carbonyl (C=O) groups is 2. The second-order valence-electron chi connectivity index (χ2n) is 6.26. The maximum absolute atomic E-state index is 12.8. The van der Waals surface area contributed by atoms with E-state index in [2.05, 4.69) is 0 Å². The number of nitrogens with zero attached hydrogens (tertiary/aromatic N) is 1. The van der Waals surface area contributed by atoms with Crippen molar-refractivity contribution >= 4 is 28.9 Å². The third kappa shape index (κ3) is 2.96. The standard InChI is InChI=1S/C19H21NO3S/c1-11-9-15-7-5-6-8-17(15)20(11)18(21)13(3)23-19(22)16-10-12(2)24-14(16)4/h5-8,10-11,13H,9H2,1-4H3/t11-,13+/m1/s1. The monoisotopic (exact) mass is 343 g/mol. The molecule has 0 fully saturated rings. The topological polar surface area (TPSA) is 46.6 Å². The molecule has 0 unspecified atom stereocenters. The fourth-order valence-electron chi connectivity index (χ4n) is 3.21. The van der Waals surface area contributed by atoms with Gasteiger partial charge < -0.3 is 9.64 Å². The van der Waals surface area contributed by atoms with Crippen molar-refractivity contribution in [3.05, 3.63) is 51.2 Å². The Bertz CT molecular complexity index is 796. The lowest BCUT2D eigenvalue weighted by Gasteiger charge is -2.25. The second-order valence-corrected chi connectivity index (χ2v) is 7.72. The predicted molar refractivity (Wildman–Crippen MR) is 95.8 cm³/mol. The van der Waals surface area contributed by atoms with Gasteiger partial charge >= 0.3 is 5.97 Å². The van der Waals surface area contributed by atoms with Crippen LogP contribution in [-0.2, 0) is 16.0 Å². The van der Waals surface area contributed by atoms with Crippen molar-refractivity contribution in [3.63, 3.8) is 0 Å². The second kappa shape index (κ2) is 6.40. The zero-order valence-corrected chi connectivity index (χ0v) is 15.1. The van der Waals surface area contributed by atoms with Crippen molar-refractivity contribution in [2.75, 3.05) is 4.90 Å². The number of para-hydroxylation sites is 1. The van der Waals surface area contributed by atoms with E-state index in [4.69, 9.17) is 4.74 Å². The van der Waals surface area contributed by atoms with E-state index in [9.17, 15) is 9.59 Å². The Hall–Kier alpha value is -2.14. The Morgan fingerprint density at radius 3 is 2.67 bits per heavy atom. The summed E-state index contributed by atoms with van der Waals surface area (Å²) in [5.74, 6) is -0.608. The van der Waals surface area contributed by atoms with Gasteiger partial charge in [-0.1, -0.05) is 18.2 Å². The molecule has 1 aliphatic heterocycles. The molecular formula is C19H21NO3S. The summed E-state index contributed by atoms with van der Waals surface area (Å²) in [6.07, 6.45) is 0.0107. The fraction of sp³-hybridized carbons (Fsp3) is 0.368. The normalized spacial score (nSPS) is 17.5. The largest absolute Gasteiger partial charge is 0.449 e. The number of aryl methyl sites for hydroxylation is 2. The summed E-state index contributed by atoms with van der Waals surface area (Å²) in [5.41, 5.74) is 2.62. The van der Waals surface area contributed by atoms with Crippen LogP contribution >= 0.6 is 11.3 Å². The smallest absolute Gasteiger partial charge is 0.340 e. The fourth-order valence-corrected chi connectivity index (χ4v) is 4.12. The first-order chi connectivity index (χ1) is 11.4. The number of ether oxygens (including phenoxy) is 1. The van der Waals surface area contributed by atoms with Gasteiger partial charge in [-0.05, 0) is 51.8 Å². The van der Waals surface area contributed by atoms with Crippen LogP contribution in [0.3, 0.4) is 0 Å². The summed E-state index contributed by atoms with van der Waals surface area (Å²) < 4.78 is 5.44. The van der Waals surface area contributed by atoms with Gasteiger partial charge in [-0.2, -0.15) is 0 Å². The summed E-state index contributed by atoms with van der Waals surface area (Å²) in [5, 5.41) is 0. The number of esters is 1. The molecule has 3 rings (SSSR count). The molecule has 1 amide bonds. The SMILES string of the molecule is Cc1cc(C(=O)O[C@@H](C)C(=O)N2c3ccccc3C[C@H]2C)c(C)s1. The molecule has 0 aliphatic carbocycles. The van der Waals surface area contributed by atoms with E-state index in [0.717, 1.165) is 27.4 Å². The van der Waals surface area contributed by atoms with Gasteiger partial charge in [-0.3, -0.25) is 4.79 Å². The summed E-state index contributed by atoms with van der Waals surface area (Å²) in [4.78, 5) is 28.9. The van der Waals surface area contributed by atoms with Crippen molar-refractivity contribution in [3.8, 4) is 0 Å². The molecule has 24 heavy (non-hydrogen) atoms. The Kier molecular flexibility index (Phi) is 4.45. The number of fused-ring (bicyclic) bond motifs is 1. The molecule has 4 nitrogen and oxygen atoms in total. The molecule has 2 atom stereocenters. The van der Waals surface area contributed by atoms with Crippen LogP contribution in [0.2, 0.25) is 0 Å². The third-order valence-corrected chi connectivity index (χ3v) is 5.30. The van der Waals surface area contributed by atoms with Crippen LogP contribution < -0.4 is 4.90 Å². The van der Waals surface area contributed by atoms with Crippen LogP contribution in [0.5, 0.6) is 0 Å². The number of anilines is 1. The number of amides is 1. The summed E-state index contributed by atoms with van der Waals surface area (Å²) in [6, 6.07) is 9.76. The lowest BCUT2D eigenvalue weighted by Crippen LogP contribution is -2.43.